The molecule has 5 rings (SSSR count). The second-order valence-electron chi connectivity index (χ2n) is 9.19. The molecule has 2 aromatic carbocycles. The van der Waals surface area contributed by atoms with Crippen LogP contribution in [0.5, 0.6) is 0 Å². The number of anilines is 1. The molecule has 0 saturated heterocycles. The summed E-state index contributed by atoms with van der Waals surface area (Å²) in [4.78, 5) is 51.2. The summed E-state index contributed by atoms with van der Waals surface area (Å²) in [5.74, 6) is -0.0541. The third-order valence-electron chi connectivity index (χ3n) is 6.17. The molecule has 1 unspecified atom stereocenters. The van der Waals surface area contributed by atoms with E-state index in [0.717, 1.165) is 0 Å². The van der Waals surface area contributed by atoms with Gasteiger partial charge in [0.05, 0.1) is 27.7 Å². The highest BCUT2D eigenvalue weighted by Crippen LogP contribution is 2.34. The largest absolute Gasteiger partial charge is 0.361 e. The van der Waals surface area contributed by atoms with Crippen LogP contribution in [0.25, 0.3) is 27.5 Å². The van der Waals surface area contributed by atoms with Gasteiger partial charge in [0.2, 0.25) is 0 Å². The molecular weight excluding hydrogens is 504 g/mol. The molecular formula is C28H25ClN6O3. The van der Waals surface area contributed by atoms with Gasteiger partial charge in [-0.15, -0.1) is 0 Å². The number of nitrogens with zero attached hydrogens (tertiary/aromatic N) is 3. The van der Waals surface area contributed by atoms with Crippen LogP contribution in [0.1, 0.15) is 42.9 Å². The highest BCUT2D eigenvalue weighted by molar-refractivity contribution is 6.36. The Bertz CT molecular complexity index is 1790. The van der Waals surface area contributed by atoms with Crippen LogP contribution < -0.4 is 21.6 Å². The van der Waals surface area contributed by atoms with Crippen molar-refractivity contribution in [2.24, 2.45) is 0 Å². The third kappa shape index (κ3) is 4.41. The molecule has 0 saturated carbocycles. The zero-order chi connectivity index (χ0) is 27.0. The highest BCUT2D eigenvalue weighted by Gasteiger charge is 2.25. The molecule has 3 N–H and O–H groups in total. The van der Waals surface area contributed by atoms with Crippen molar-refractivity contribution >= 4 is 45.1 Å². The first kappa shape index (κ1) is 25.2. The minimum Gasteiger partial charge on any atom is -0.361 e. The van der Waals surface area contributed by atoms with Crippen molar-refractivity contribution in [3.63, 3.8) is 0 Å². The summed E-state index contributed by atoms with van der Waals surface area (Å²) in [5.41, 5.74) is 1.02. The Labute approximate surface area is 222 Å². The number of aromatic nitrogens is 4. The second-order valence-corrected chi connectivity index (χ2v) is 9.56. The van der Waals surface area contributed by atoms with Crippen LogP contribution in [-0.4, -0.2) is 31.5 Å². The quantitative estimate of drug-likeness (QED) is 0.296. The first-order chi connectivity index (χ1) is 18.3. The smallest absolute Gasteiger partial charge is 0.264 e. The number of nitrogens with one attached hydrogen (secondary N) is 3. The normalized spacial score (nSPS) is 12.1. The summed E-state index contributed by atoms with van der Waals surface area (Å²) in [7, 11) is 0. The van der Waals surface area contributed by atoms with E-state index in [1.807, 2.05) is 39.0 Å². The van der Waals surface area contributed by atoms with Gasteiger partial charge < -0.3 is 15.6 Å². The number of pyridine rings is 2. The minimum absolute atomic E-state index is 0.112. The summed E-state index contributed by atoms with van der Waals surface area (Å²) in [5, 5.41) is 7.38. The zero-order valence-electron chi connectivity index (χ0n) is 20.9. The molecule has 38 heavy (non-hydrogen) atoms. The van der Waals surface area contributed by atoms with Gasteiger partial charge in [-0.1, -0.05) is 41.9 Å². The number of H-pyrrole nitrogens is 1. The summed E-state index contributed by atoms with van der Waals surface area (Å²) in [6.07, 6.45) is 2.87. The maximum Gasteiger partial charge on any atom is 0.264 e. The van der Waals surface area contributed by atoms with Gasteiger partial charge in [0.25, 0.3) is 11.5 Å². The number of hydrogen-bond donors (Lipinski definition) is 3. The predicted molar refractivity (Wildman–Crippen MR) is 149 cm³/mol. The molecule has 0 radical (unpaired) electrons. The summed E-state index contributed by atoms with van der Waals surface area (Å²) < 4.78 is 1.50. The van der Waals surface area contributed by atoms with E-state index in [2.05, 4.69) is 25.6 Å². The van der Waals surface area contributed by atoms with E-state index in [-0.39, 0.29) is 33.9 Å². The van der Waals surface area contributed by atoms with Crippen LogP contribution in [0.15, 0.2) is 76.7 Å². The fourth-order valence-corrected chi connectivity index (χ4v) is 4.97. The molecule has 0 bridgehead atoms. The van der Waals surface area contributed by atoms with Gasteiger partial charge in [0, 0.05) is 29.4 Å². The molecule has 3 heterocycles. The van der Waals surface area contributed by atoms with E-state index < -0.39 is 6.04 Å². The number of para-hydroxylation sites is 1. The van der Waals surface area contributed by atoms with Crippen LogP contribution in [0.2, 0.25) is 5.02 Å². The van der Waals surface area contributed by atoms with Crippen molar-refractivity contribution < 1.29 is 4.79 Å². The average molecular weight is 529 g/mol. The molecule has 5 aromatic rings. The lowest BCUT2D eigenvalue weighted by Gasteiger charge is -2.24. The lowest BCUT2D eigenvalue weighted by molar-refractivity contribution is 0.0944. The number of amides is 1. The number of hydrogen-bond acceptors (Lipinski definition) is 6. The van der Waals surface area contributed by atoms with Crippen molar-refractivity contribution in [3.8, 4) is 5.69 Å². The molecule has 1 amide bonds. The fraction of sp³-hybridized carbons (Fsp3) is 0.179. The standard InChI is InChI=1S/C28H25ClN6O3/c1-15(2)33-27(37)19-11-7-10-18-21(19)28(38)35(17-8-5-4-6-9-17)24(23(18)29)16(3)34-26-22-20(36)12-13-30-25(22)31-14-32-26/h4-16H,1-3H3,(H,33,37)(H2,30,31,32,34,36). The minimum atomic E-state index is -0.578. The van der Waals surface area contributed by atoms with E-state index in [9.17, 15) is 14.4 Å². The molecule has 10 heteroatoms. The van der Waals surface area contributed by atoms with Gasteiger partial charge >= 0.3 is 0 Å². The molecule has 0 aliphatic carbocycles. The number of fused-ring (bicyclic) bond motifs is 2. The average Bonchev–Trinajstić information content (AvgIpc) is 2.90. The third-order valence-corrected chi connectivity index (χ3v) is 6.57. The van der Waals surface area contributed by atoms with Crippen LogP contribution in [0.4, 0.5) is 5.82 Å². The van der Waals surface area contributed by atoms with Gasteiger partial charge in [-0.2, -0.15) is 0 Å². The maximum absolute atomic E-state index is 14.2. The maximum atomic E-state index is 14.2. The number of halogens is 1. The first-order valence-corrected chi connectivity index (χ1v) is 12.5. The van der Waals surface area contributed by atoms with Crippen LogP contribution in [-0.2, 0) is 0 Å². The first-order valence-electron chi connectivity index (χ1n) is 12.1. The number of carbonyl (C=O) groups excluding carboxylic acids is 1. The number of carbonyl (C=O) groups is 1. The van der Waals surface area contributed by atoms with Crippen LogP contribution >= 0.6 is 11.6 Å². The Morgan fingerprint density at radius 1 is 0.974 bits per heavy atom. The van der Waals surface area contributed by atoms with Crippen LogP contribution in [0, 0.1) is 0 Å². The lowest BCUT2D eigenvalue weighted by atomic mass is 10.0. The van der Waals surface area contributed by atoms with Gasteiger partial charge in [0.1, 0.15) is 23.2 Å². The van der Waals surface area contributed by atoms with Crippen molar-refractivity contribution in [3.05, 3.63) is 104 Å². The van der Waals surface area contributed by atoms with Crippen molar-refractivity contribution in [2.45, 2.75) is 32.9 Å². The Morgan fingerprint density at radius 3 is 2.47 bits per heavy atom. The lowest BCUT2D eigenvalue weighted by Crippen LogP contribution is -2.32. The Kier molecular flexibility index (Phi) is 6.69. The summed E-state index contributed by atoms with van der Waals surface area (Å²) in [6, 6.07) is 14.8. The van der Waals surface area contributed by atoms with Gasteiger partial charge in [-0.25, -0.2) is 9.97 Å². The van der Waals surface area contributed by atoms with Crippen LogP contribution in [0.3, 0.4) is 0 Å². The predicted octanol–water partition coefficient (Wildman–Crippen LogP) is 4.59. The van der Waals surface area contributed by atoms with E-state index in [1.165, 1.54) is 23.2 Å². The topological polar surface area (TPSA) is 122 Å². The van der Waals surface area contributed by atoms with E-state index in [4.69, 9.17) is 11.6 Å². The highest BCUT2D eigenvalue weighted by atomic mass is 35.5. The SMILES string of the molecule is CC(C)NC(=O)c1cccc2c(Cl)c(C(C)Nc3ncnc4[nH]ccc(=O)c34)n(-c3ccccc3)c(=O)c12. The zero-order valence-corrected chi connectivity index (χ0v) is 21.7. The molecule has 0 aliphatic heterocycles. The molecule has 0 fully saturated rings. The van der Waals surface area contributed by atoms with E-state index >= 15 is 0 Å². The van der Waals surface area contributed by atoms with Gasteiger partial charge in [0.15, 0.2) is 5.43 Å². The molecule has 9 nitrogen and oxygen atoms in total. The second kappa shape index (κ2) is 10.1. The van der Waals surface area contributed by atoms with Gasteiger partial charge in [-0.3, -0.25) is 19.0 Å². The Balaban J connectivity index is 1.77. The van der Waals surface area contributed by atoms with Gasteiger partial charge in [-0.05, 0) is 39.0 Å². The summed E-state index contributed by atoms with van der Waals surface area (Å²) in [6.45, 7) is 5.53. The van der Waals surface area contributed by atoms with Crippen molar-refractivity contribution in [1.29, 1.82) is 0 Å². The molecule has 0 spiro atoms. The van der Waals surface area contributed by atoms with E-state index in [1.54, 1.807) is 30.3 Å². The molecule has 192 valence electrons. The molecule has 3 aromatic heterocycles. The fourth-order valence-electron chi connectivity index (χ4n) is 4.56. The number of aromatic amines is 1. The number of rotatable bonds is 6. The Hall–Kier alpha value is -4.50. The Morgan fingerprint density at radius 2 is 1.74 bits per heavy atom. The summed E-state index contributed by atoms with van der Waals surface area (Å²) >= 11 is 7.03. The molecule has 1 atom stereocenters. The monoisotopic (exact) mass is 528 g/mol. The molecule has 0 aliphatic rings. The van der Waals surface area contributed by atoms with E-state index in [0.29, 0.717) is 38.6 Å². The van der Waals surface area contributed by atoms with Crippen molar-refractivity contribution in [2.75, 3.05) is 5.32 Å². The number of benzene rings is 2. The van der Waals surface area contributed by atoms with Crippen molar-refractivity contribution in [1.82, 2.24) is 24.8 Å².